The van der Waals surface area contributed by atoms with Crippen LogP contribution < -0.4 is 4.90 Å². The van der Waals surface area contributed by atoms with Gasteiger partial charge in [-0.2, -0.15) is 4.31 Å². The second kappa shape index (κ2) is 7.54. The van der Waals surface area contributed by atoms with Crippen LogP contribution in [0.25, 0.3) is 0 Å². The summed E-state index contributed by atoms with van der Waals surface area (Å²) in [4.78, 5) is 6.84. The molecule has 2 aromatic rings. The summed E-state index contributed by atoms with van der Waals surface area (Å²) in [5.41, 5.74) is 1.18. The summed E-state index contributed by atoms with van der Waals surface area (Å²) >= 11 is 0. The van der Waals surface area contributed by atoms with Crippen LogP contribution in [0.1, 0.15) is 31.7 Å². The van der Waals surface area contributed by atoms with Crippen molar-refractivity contribution in [3.63, 3.8) is 0 Å². The lowest BCUT2D eigenvalue weighted by Crippen LogP contribution is -2.48. The van der Waals surface area contributed by atoms with Gasteiger partial charge in [-0.1, -0.05) is 32.0 Å². The molecule has 3 rings (SSSR count). The minimum absolute atomic E-state index is 0.380. The van der Waals surface area contributed by atoms with E-state index in [9.17, 15) is 8.42 Å². The number of anilines is 1. The lowest BCUT2D eigenvalue weighted by Gasteiger charge is -2.34. The molecule has 134 valence electrons. The number of sulfonamides is 1. The molecular weight excluding hydrogens is 334 g/mol. The van der Waals surface area contributed by atoms with Crippen molar-refractivity contribution in [3.05, 3.63) is 54.2 Å². The molecule has 0 bridgehead atoms. The van der Waals surface area contributed by atoms with Crippen molar-refractivity contribution in [1.82, 2.24) is 9.29 Å². The smallest absolute Gasteiger partial charge is 0.243 e. The van der Waals surface area contributed by atoms with Crippen LogP contribution in [0.3, 0.4) is 0 Å². The van der Waals surface area contributed by atoms with Gasteiger partial charge >= 0.3 is 0 Å². The number of pyridine rings is 1. The predicted molar refractivity (Wildman–Crippen MR) is 100 cm³/mol. The summed E-state index contributed by atoms with van der Waals surface area (Å²) < 4.78 is 27.3. The molecule has 1 saturated heterocycles. The third kappa shape index (κ3) is 3.85. The van der Waals surface area contributed by atoms with Gasteiger partial charge in [-0.15, -0.1) is 0 Å². The minimum Gasteiger partial charge on any atom is -0.354 e. The number of aromatic nitrogens is 1. The highest BCUT2D eigenvalue weighted by molar-refractivity contribution is 7.89. The number of nitrogens with zero attached hydrogens (tertiary/aromatic N) is 3. The Morgan fingerprint density at radius 3 is 2.28 bits per heavy atom. The molecule has 1 aromatic carbocycles. The van der Waals surface area contributed by atoms with Crippen molar-refractivity contribution in [1.29, 1.82) is 0 Å². The van der Waals surface area contributed by atoms with Crippen LogP contribution in [0.2, 0.25) is 0 Å². The van der Waals surface area contributed by atoms with Crippen LogP contribution in [0.4, 0.5) is 5.82 Å². The lowest BCUT2D eigenvalue weighted by molar-refractivity contribution is 0.384. The number of hydrogen-bond acceptors (Lipinski definition) is 4. The highest BCUT2D eigenvalue weighted by Crippen LogP contribution is 2.23. The summed E-state index contributed by atoms with van der Waals surface area (Å²) in [5.74, 6) is 1.34. The van der Waals surface area contributed by atoms with Crippen molar-refractivity contribution in [3.8, 4) is 0 Å². The molecule has 1 aliphatic heterocycles. The SMILES string of the molecule is CC[C@@H](C)c1ccc(S(=O)(=O)N2CCN(c3ccccn3)CC2)cc1. The third-order valence-electron chi connectivity index (χ3n) is 4.91. The molecular formula is C19H25N3O2S. The maximum absolute atomic E-state index is 12.9. The average Bonchev–Trinajstić information content (AvgIpc) is 2.68. The van der Waals surface area contributed by atoms with Crippen LogP contribution in [-0.4, -0.2) is 43.9 Å². The molecule has 1 atom stereocenters. The molecule has 0 radical (unpaired) electrons. The van der Waals surface area contributed by atoms with Crippen LogP contribution >= 0.6 is 0 Å². The minimum atomic E-state index is -3.43. The monoisotopic (exact) mass is 359 g/mol. The molecule has 2 heterocycles. The molecule has 1 fully saturated rings. The van der Waals surface area contributed by atoms with Gasteiger partial charge in [-0.3, -0.25) is 0 Å². The van der Waals surface area contributed by atoms with E-state index in [1.54, 1.807) is 22.6 Å². The van der Waals surface area contributed by atoms with E-state index < -0.39 is 10.0 Å². The zero-order chi connectivity index (χ0) is 17.9. The zero-order valence-corrected chi connectivity index (χ0v) is 15.6. The molecule has 0 amide bonds. The summed E-state index contributed by atoms with van der Waals surface area (Å²) in [6.07, 6.45) is 2.80. The zero-order valence-electron chi connectivity index (χ0n) is 14.8. The first-order chi connectivity index (χ1) is 12.0. The summed E-state index contributed by atoms with van der Waals surface area (Å²) in [6.45, 7) is 6.55. The highest BCUT2D eigenvalue weighted by atomic mass is 32.2. The third-order valence-corrected chi connectivity index (χ3v) is 6.82. The molecule has 25 heavy (non-hydrogen) atoms. The van der Waals surface area contributed by atoms with Gasteiger partial charge in [-0.05, 0) is 42.2 Å². The molecule has 1 aromatic heterocycles. The van der Waals surface area contributed by atoms with E-state index in [1.807, 2.05) is 30.3 Å². The van der Waals surface area contributed by atoms with Crippen LogP contribution in [-0.2, 0) is 10.0 Å². The van der Waals surface area contributed by atoms with E-state index in [2.05, 4.69) is 23.7 Å². The van der Waals surface area contributed by atoms with Crippen molar-refractivity contribution < 1.29 is 8.42 Å². The number of piperazine rings is 1. The van der Waals surface area contributed by atoms with Gasteiger partial charge in [-0.25, -0.2) is 13.4 Å². The van der Waals surface area contributed by atoms with Crippen LogP contribution in [0.5, 0.6) is 0 Å². The second-order valence-corrected chi connectivity index (χ2v) is 8.40. The average molecular weight is 359 g/mol. The maximum atomic E-state index is 12.9. The maximum Gasteiger partial charge on any atom is 0.243 e. The standard InChI is InChI=1S/C19H25N3O2S/c1-3-16(2)17-7-9-18(10-8-17)25(23,24)22-14-12-21(13-15-22)19-6-4-5-11-20-19/h4-11,16H,3,12-15H2,1-2H3/t16-/m1/s1. The number of benzene rings is 1. The van der Waals surface area contributed by atoms with Crippen LogP contribution in [0.15, 0.2) is 53.6 Å². The Bertz CT molecular complexity index is 783. The van der Waals surface area contributed by atoms with E-state index in [-0.39, 0.29) is 0 Å². The van der Waals surface area contributed by atoms with Gasteiger partial charge in [0.15, 0.2) is 0 Å². The fourth-order valence-corrected chi connectivity index (χ4v) is 4.47. The molecule has 6 heteroatoms. The largest absolute Gasteiger partial charge is 0.354 e. The fraction of sp³-hybridized carbons (Fsp3) is 0.421. The van der Waals surface area contributed by atoms with Crippen LogP contribution in [0, 0.1) is 0 Å². The van der Waals surface area contributed by atoms with E-state index in [4.69, 9.17) is 0 Å². The molecule has 0 saturated carbocycles. The van der Waals surface area contributed by atoms with Gasteiger partial charge in [0, 0.05) is 32.4 Å². The van der Waals surface area contributed by atoms with Gasteiger partial charge in [0.05, 0.1) is 4.90 Å². The van der Waals surface area contributed by atoms with Gasteiger partial charge < -0.3 is 4.90 Å². The Morgan fingerprint density at radius 1 is 1.04 bits per heavy atom. The summed E-state index contributed by atoms with van der Waals surface area (Å²) in [7, 11) is -3.43. The molecule has 5 nitrogen and oxygen atoms in total. The normalized spacial score (nSPS) is 17.4. The molecule has 1 aliphatic rings. The summed E-state index contributed by atoms with van der Waals surface area (Å²) in [5, 5.41) is 0. The topological polar surface area (TPSA) is 53.5 Å². The first-order valence-electron chi connectivity index (χ1n) is 8.78. The molecule has 0 aliphatic carbocycles. The molecule has 0 spiro atoms. The highest BCUT2D eigenvalue weighted by Gasteiger charge is 2.28. The van der Waals surface area contributed by atoms with E-state index in [0.717, 1.165) is 12.2 Å². The van der Waals surface area contributed by atoms with Crippen molar-refractivity contribution >= 4 is 15.8 Å². The van der Waals surface area contributed by atoms with Crippen molar-refractivity contribution in [2.75, 3.05) is 31.1 Å². The Kier molecular flexibility index (Phi) is 5.39. The quantitative estimate of drug-likeness (QED) is 0.823. The molecule has 0 N–H and O–H groups in total. The van der Waals surface area contributed by atoms with Gasteiger partial charge in [0.2, 0.25) is 10.0 Å². The van der Waals surface area contributed by atoms with E-state index >= 15 is 0 Å². The molecule has 0 unspecified atom stereocenters. The number of hydrogen-bond donors (Lipinski definition) is 0. The van der Waals surface area contributed by atoms with E-state index in [1.165, 1.54) is 5.56 Å². The Balaban J connectivity index is 1.69. The van der Waals surface area contributed by atoms with Gasteiger partial charge in [0.25, 0.3) is 0 Å². The fourth-order valence-electron chi connectivity index (χ4n) is 3.05. The predicted octanol–water partition coefficient (Wildman–Crippen LogP) is 3.11. The Hall–Kier alpha value is -1.92. The van der Waals surface area contributed by atoms with E-state index in [0.29, 0.717) is 37.0 Å². The number of rotatable bonds is 5. The summed E-state index contributed by atoms with van der Waals surface area (Å²) in [6, 6.07) is 13.1. The first-order valence-corrected chi connectivity index (χ1v) is 10.2. The van der Waals surface area contributed by atoms with Gasteiger partial charge in [0.1, 0.15) is 5.82 Å². The first kappa shape index (κ1) is 17.9. The lowest BCUT2D eigenvalue weighted by atomic mass is 9.99. The Labute approximate surface area is 150 Å². The van der Waals surface area contributed by atoms with Crippen molar-refractivity contribution in [2.24, 2.45) is 0 Å². The Morgan fingerprint density at radius 2 is 1.72 bits per heavy atom. The second-order valence-electron chi connectivity index (χ2n) is 6.46. The van der Waals surface area contributed by atoms with Crippen molar-refractivity contribution in [2.45, 2.75) is 31.1 Å².